The van der Waals surface area contributed by atoms with E-state index in [0.717, 1.165) is 11.8 Å². The van der Waals surface area contributed by atoms with E-state index in [4.69, 9.17) is 4.74 Å². The largest absolute Gasteiger partial charge is 0.458 e. The molecule has 1 unspecified atom stereocenters. The summed E-state index contributed by atoms with van der Waals surface area (Å²) in [6, 6.07) is 15.1. The van der Waals surface area contributed by atoms with Crippen molar-refractivity contribution in [2.24, 2.45) is 0 Å². The SMILES string of the molecule is CC(C)(C)OC(=O)[C@H](CCS(C)(=O)=O)NC(=O)c1ccc(NC(Cn2ccnc2)c2ccc(F)cc2)cc1-c1ccc(F)cc1. The third kappa shape index (κ3) is 9.97. The number of nitrogens with zero attached hydrogens (tertiary/aromatic N) is 2. The molecule has 0 bridgehead atoms. The van der Waals surface area contributed by atoms with Gasteiger partial charge in [0, 0.05) is 36.4 Å². The molecule has 9 nitrogen and oxygen atoms in total. The monoisotopic (exact) mass is 638 g/mol. The molecule has 0 saturated carbocycles. The number of esters is 1. The van der Waals surface area contributed by atoms with Crippen molar-refractivity contribution in [2.75, 3.05) is 17.3 Å². The topological polar surface area (TPSA) is 119 Å². The molecule has 1 aromatic heterocycles. The second-order valence-electron chi connectivity index (χ2n) is 11.8. The van der Waals surface area contributed by atoms with Crippen molar-refractivity contribution >= 4 is 27.4 Å². The van der Waals surface area contributed by atoms with E-state index in [2.05, 4.69) is 15.6 Å². The highest BCUT2D eigenvalue weighted by Gasteiger charge is 2.29. The summed E-state index contributed by atoms with van der Waals surface area (Å²) in [6.45, 7) is 5.47. The lowest BCUT2D eigenvalue weighted by Crippen LogP contribution is -2.45. The molecule has 0 saturated heterocycles. The Kier molecular flexibility index (Phi) is 10.4. The van der Waals surface area contributed by atoms with Gasteiger partial charge in [0.2, 0.25) is 0 Å². The molecule has 0 radical (unpaired) electrons. The quantitative estimate of drug-likeness (QED) is 0.195. The first-order valence-corrected chi connectivity index (χ1v) is 16.3. The van der Waals surface area contributed by atoms with Gasteiger partial charge in [-0.25, -0.2) is 27.0 Å². The number of imidazole rings is 1. The number of halogens is 2. The highest BCUT2D eigenvalue weighted by molar-refractivity contribution is 7.90. The number of nitrogens with one attached hydrogen (secondary N) is 2. The lowest BCUT2D eigenvalue weighted by atomic mass is 9.97. The van der Waals surface area contributed by atoms with Crippen molar-refractivity contribution in [1.29, 1.82) is 0 Å². The first kappa shape index (κ1) is 33.3. The normalized spacial score (nSPS) is 13.1. The van der Waals surface area contributed by atoms with Crippen LogP contribution in [0, 0.1) is 11.6 Å². The Bertz CT molecular complexity index is 1720. The summed E-state index contributed by atoms with van der Waals surface area (Å²) < 4.78 is 58.7. The predicted octanol–water partition coefficient (Wildman–Crippen LogP) is 5.56. The molecular formula is C33H36F2N4O5S. The van der Waals surface area contributed by atoms with Crippen LogP contribution < -0.4 is 10.6 Å². The van der Waals surface area contributed by atoms with E-state index in [0.29, 0.717) is 23.4 Å². The number of aromatic nitrogens is 2. The van der Waals surface area contributed by atoms with E-state index < -0.39 is 39.2 Å². The van der Waals surface area contributed by atoms with Crippen LogP contribution in [0.5, 0.6) is 0 Å². The third-order valence-corrected chi connectivity index (χ3v) is 7.74. The zero-order valence-corrected chi connectivity index (χ0v) is 26.3. The van der Waals surface area contributed by atoms with Gasteiger partial charge in [-0.15, -0.1) is 0 Å². The summed E-state index contributed by atoms with van der Waals surface area (Å²) >= 11 is 0. The fraction of sp³-hybridized carbons (Fsp3) is 0.303. The molecule has 12 heteroatoms. The first-order valence-electron chi connectivity index (χ1n) is 14.3. The van der Waals surface area contributed by atoms with Crippen LogP contribution in [0.3, 0.4) is 0 Å². The van der Waals surface area contributed by atoms with Gasteiger partial charge in [0.1, 0.15) is 33.1 Å². The molecule has 4 rings (SSSR count). The average Bonchev–Trinajstić information content (AvgIpc) is 3.47. The number of rotatable bonds is 12. The Morgan fingerprint density at radius 1 is 0.978 bits per heavy atom. The summed E-state index contributed by atoms with van der Waals surface area (Å²) in [4.78, 5) is 30.8. The van der Waals surface area contributed by atoms with Crippen molar-refractivity contribution in [1.82, 2.24) is 14.9 Å². The Hall–Kier alpha value is -4.58. The van der Waals surface area contributed by atoms with Crippen molar-refractivity contribution in [3.8, 4) is 11.1 Å². The molecule has 238 valence electrons. The van der Waals surface area contributed by atoms with Gasteiger partial charge in [0.25, 0.3) is 5.91 Å². The molecule has 0 spiro atoms. The third-order valence-electron chi connectivity index (χ3n) is 6.76. The Labute approximate surface area is 261 Å². The second-order valence-corrected chi connectivity index (χ2v) is 14.0. The minimum absolute atomic E-state index is 0.174. The zero-order chi connectivity index (χ0) is 32.8. The highest BCUT2D eigenvalue weighted by Crippen LogP contribution is 2.30. The van der Waals surface area contributed by atoms with Crippen molar-refractivity contribution < 1.29 is 31.5 Å². The Morgan fingerprint density at radius 2 is 1.62 bits per heavy atom. The Morgan fingerprint density at radius 3 is 2.20 bits per heavy atom. The summed E-state index contributed by atoms with van der Waals surface area (Å²) in [5.41, 5.74) is 1.69. The van der Waals surface area contributed by atoms with Gasteiger partial charge in [-0.05, 0) is 86.3 Å². The number of amides is 1. The molecule has 45 heavy (non-hydrogen) atoms. The molecule has 0 aliphatic heterocycles. The van der Waals surface area contributed by atoms with Crippen LogP contribution >= 0.6 is 0 Å². The lowest BCUT2D eigenvalue weighted by Gasteiger charge is -2.25. The fourth-order valence-electron chi connectivity index (χ4n) is 4.63. The van der Waals surface area contributed by atoms with Crippen LogP contribution in [0.25, 0.3) is 11.1 Å². The molecule has 0 aliphatic carbocycles. The number of hydrogen-bond acceptors (Lipinski definition) is 7. The summed E-state index contributed by atoms with van der Waals surface area (Å²) in [6.07, 6.45) is 5.99. The summed E-state index contributed by atoms with van der Waals surface area (Å²) in [7, 11) is -3.44. The molecule has 4 aromatic rings. The molecule has 0 aliphatic rings. The number of ether oxygens (including phenoxy) is 1. The lowest BCUT2D eigenvalue weighted by molar-refractivity contribution is -0.157. The molecule has 1 heterocycles. The summed E-state index contributed by atoms with van der Waals surface area (Å²) in [5.74, 6) is -2.56. The number of hydrogen-bond donors (Lipinski definition) is 2. The van der Waals surface area contributed by atoms with Gasteiger partial charge < -0.3 is 19.9 Å². The number of anilines is 1. The smallest absolute Gasteiger partial charge is 0.329 e. The van der Waals surface area contributed by atoms with Crippen molar-refractivity contribution in [3.05, 3.63) is 108 Å². The number of benzene rings is 3. The summed E-state index contributed by atoms with van der Waals surface area (Å²) in [5, 5.41) is 6.10. The first-order chi connectivity index (χ1) is 21.2. The van der Waals surface area contributed by atoms with Crippen LogP contribution in [0.4, 0.5) is 14.5 Å². The van der Waals surface area contributed by atoms with Crippen LogP contribution in [-0.2, 0) is 25.9 Å². The van der Waals surface area contributed by atoms with Gasteiger partial charge in [-0.3, -0.25) is 4.79 Å². The van der Waals surface area contributed by atoms with Gasteiger partial charge in [0.15, 0.2) is 0 Å². The molecule has 2 N–H and O–H groups in total. The van der Waals surface area contributed by atoms with E-state index in [9.17, 15) is 26.8 Å². The minimum Gasteiger partial charge on any atom is -0.458 e. The van der Waals surface area contributed by atoms with Gasteiger partial charge in [-0.1, -0.05) is 24.3 Å². The molecule has 1 amide bonds. The zero-order valence-electron chi connectivity index (χ0n) is 25.5. The van der Waals surface area contributed by atoms with Gasteiger partial charge in [-0.2, -0.15) is 0 Å². The van der Waals surface area contributed by atoms with E-state index >= 15 is 0 Å². The van der Waals surface area contributed by atoms with E-state index in [1.54, 1.807) is 69.8 Å². The van der Waals surface area contributed by atoms with E-state index in [1.807, 2.05) is 4.57 Å². The van der Waals surface area contributed by atoms with Crippen molar-refractivity contribution in [2.45, 2.75) is 51.4 Å². The van der Waals surface area contributed by atoms with Gasteiger partial charge in [0.05, 0.1) is 18.1 Å². The average molecular weight is 639 g/mol. The predicted molar refractivity (Wildman–Crippen MR) is 168 cm³/mol. The maximum atomic E-state index is 13.9. The Balaban J connectivity index is 1.69. The van der Waals surface area contributed by atoms with Crippen LogP contribution in [0.1, 0.15) is 49.2 Å². The molecular weight excluding hydrogens is 602 g/mol. The standard InChI is InChI=1S/C33H36F2N4O5S/c1-33(2,3)44-32(41)29(15-18-45(4,42)43)38-31(40)27-14-13-26(19-28(27)22-5-9-24(34)10-6-22)37-30(20-39-17-16-36-21-39)23-7-11-25(35)12-8-23/h5-14,16-17,19,21,29-30,37H,15,18,20H2,1-4H3,(H,38,40)/t29-,30?/m0/s1. The molecule has 3 aromatic carbocycles. The van der Waals surface area contributed by atoms with Crippen LogP contribution in [-0.4, -0.2) is 53.5 Å². The maximum Gasteiger partial charge on any atom is 0.329 e. The van der Waals surface area contributed by atoms with Crippen LogP contribution in [0.2, 0.25) is 0 Å². The number of carbonyl (C=O) groups excluding carboxylic acids is 2. The highest BCUT2D eigenvalue weighted by atomic mass is 32.2. The fourth-order valence-corrected chi connectivity index (χ4v) is 5.29. The molecule has 0 fully saturated rings. The van der Waals surface area contributed by atoms with Crippen LogP contribution in [0.15, 0.2) is 85.5 Å². The van der Waals surface area contributed by atoms with Crippen molar-refractivity contribution in [3.63, 3.8) is 0 Å². The maximum absolute atomic E-state index is 13.9. The minimum atomic E-state index is -3.44. The second kappa shape index (κ2) is 14.0. The number of carbonyl (C=O) groups is 2. The van der Waals surface area contributed by atoms with E-state index in [1.165, 1.54) is 36.4 Å². The van der Waals surface area contributed by atoms with Gasteiger partial charge >= 0.3 is 5.97 Å². The molecule has 2 atom stereocenters. The number of sulfone groups is 1. The van der Waals surface area contributed by atoms with E-state index in [-0.39, 0.29) is 29.6 Å².